The standard InChI is InChI=1S/C11H18F3N3O3/c1-8-5-16(4-3-15(8)2)10(20)17(6-9(18)19)7-11(12,13)14/h8H,3-7H2,1-2H3,(H,18,19). The number of aliphatic carboxylic acids is 1. The number of hydrogen-bond donors (Lipinski definition) is 1. The number of hydrogen-bond acceptors (Lipinski definition) is 3. The molecule has 116 valence electrons. The summed E-state index contributed by atoms with van der Waals surface area (Å²) in [6.45, 7) is 0.444. The molecule has 0 aromatic rings. The number of urea groups is 1. The third-order valence-corrected chi connectivity index (χ3v) is 3.20. The Balaban J connectivity index is 2.74. The number of halogens is 3. The van der Waals surface area contributed by atoms with Gasteiger partial charge in [0.25, 0.3) is 0 Å². The summed E-state index contributed by atoms with van der Waals surface area (Å²) >= 11 is 0. The van der Waals surface area contributed by atoms with Gasteiger partial charge in [0.05, 0.1) is 0 Å². The first-order chi connectivity index (χ1) is 9.10. The Morgan fingerprint density at radius 3 is 2.40 bits per heavy atom. The number of carboxylic acids is 1. The van der Waals surface area contributed by atoms with E-state index in [9.17, 15) is 22.8 Å². The molecule has 6 nitrogen and oxygen atoms in total. The monoisotopic (exact) mass is 297 g/mol. The fourth-order valence-electron chi connectivity index (χ4n) is 1.99. The zero-order valence-electron chi connectivity index (χ0n) is 11.4. The molecule has 1 atom stereocenters. The molecule has 1 unspecified atom stereocenters. The minimum atomic E-state index is -4.62. The van der Waals surface area contributed by atoms with Crippen LogP contribution in [0.4, 0.5) is 18.0 Å². The first-order valence-corrected chi connectivity index (χ1v) is 6.13. The van der Waals surface area contributed by atoms with Gasteiger partial charge in [0, 0.05) is 25.7 Å². The summed E-state index contributed by atoms with van der Waals surface area (Å²) in [7, 11) is 1.86. The fraction of sp³-hybridized carbons (Fsp3) is 0.818. The van der Waals surface area contributed by atoms with E-state index in [-0.39, 0.29) is 19.1 Å². The van der Waals surface area contributed by atoms with Gasteiger partial charge in [0.15, 0.2) is 0 Å². The van der Waals surface area contributed by atoms with Gasteiger partial charge in [-0.1, -0.05) is 0 Å². The molecule has 1 saturated heterocycles. The van der Waals surface area contributed by atoms with E-state index >= 15 is 0 Å². The molecule has 0 bridgehead atoms. The van der Waals surface area contributed by atoms with Gasteiger partial charge >= 0.3 is 18.2 Å². The van der Waals surface area contributed by atoms with E-state index in [1.54, 1.807) is 0 Å². The Morgan fingerprint density at radius 1 is 1.35 bits per heavy atom. The average molecular weight is 297 g/mol. The summed E-state index contributed by atoms with van der Waals surface area (Å²) in [5.74, 6) is -1.47. The number of likely N-dealkylation sites (N-methyl/N-ethyl adjacent to an activating group) is 1. The predicted molar refractivity (Wildman–Crippen MR) is 64.3 cm³/mol. The van der Waals surface area contributed by atoms with Crippen molar-refractivity contribution in [2.24, 2.45) is 0 Å². The van der Waals surface area contributed by atoms with E-state index in [0.717, 1.165) is 0 Å². The van der Waals surface area contributed by atoms with Gasteiger partial charge in [-0.25, -0.2) is 4.79 Å². The molecule has 1 aliphatic rings. The topological polar surface area (TPSA) is 64.1 Å². The summed E-state index contributed by atoms with van der Waals surface area (Å²) in [6, 6.07) is -0.866. The van der Waals surface area contributed by atoms with E-state index in [1.807, 2.05) is 18.9 Å². The zero-order chi connectivity index (χ0) is 15.5. The molecule has 1 N–H and O–H groups in total. The van der Waals surface area contributed by atoms with Crippen molar-refractivity contribution < 1.29 is 27.9 Å². The highest BCUT2D eigenvalue weighted by molar-refractivity contribution is 5.80. The van der Waals surface area contributed by atoms with Gasteiger partial charge in [-0.2, -0.15) is 13.2 Å². The number of amides is 2. The number of carboxylic acid groups (broad SMARTS) is 1. The summed E-state index contributed by atoms with van der Waals surface area (Å²) < 4.78 is 37.2. The van der Waals surface area contributed by atoms with Crippen LogP contribution in [0.3, 0.4) is 0 Å². The van der Waals surface area contributed by atoms with Crippen molar-refractivity contribution in [1.29, 1.82) is 0 Å². The minimum absolute atomic E-state index is 0.0188. The van der Waals surface area contributed by atoms with Crippen LogP contribution in [0, 0.1) is 0 Å². The van der Waals surface area contributed by atoms with Crippen LogP contribution in [0.15, 0.2) is 0 Å². The quantitative estimate of drug-likeness (QED) is 0.832. The number of carbonyl (C=O) groups is 2. The lowest BCUT2D eigenvalue weighted by Gasteiger charge is -2.39. The minimum Gasteiger partial charge on any atom is -0.480 e. The van der Waals surface area contributed by atoms with Gasteiger partial charge in [-0.15, -0.1) is 0 Å². The van der Waals surface area contributed by atoms with Crippen LogP contribution in [0.2, 0.25) is 0 Å². The Labute approximate surface area is 114 Å². The van der Waals surface area contributed by atoms with E-state index < -0.39 is 31.3 Å². The second-order valence-electron chi connectivity index (χ2n) is 4.92. The van der Waals surface area contributed by atoms with Gasteiger partial charge < -0.3 is 19.8 Å². The maximum absolute atomic E-state index is 12.4. The summed E-state index contributed by atoms with van der Waals surface area (Å²) in [5.41, 5.74) is 0. The van der Waals surface area contributed by atoms with Crippen LogP contribution in [-0.4, -0.2) is 83.8 Å². The van der Waals surface area contributed by atoms with E-state index in [2.05, 4.69) is 0 Å². The van der Waals surface area contributed by atoms with Crippen LogP contribution in [0.25, 0.3) is 0 Å². The molecule has 0 radical (unpaired) electrons. The van der Waals surface area contributed by atoms with Crippen molar-refractivity contribution in [2.45, 2.75) is 19.1 Å². The molecular weight excluding hydrogens is 279 g/mol. The Bertz CT molecular complexity index is 376. The Hall–Kier alpha value is -1.51. The van der Waals surface area contributed by atoms with Gasteiger partial charge in [-0.05, 0) is 14.0 Å². The zero-order valence-corrected chi connectivity index (χ0v) is 11.4. The third-order valence-electron chi connectivity index (χ3n) is 3.20. The third kappa shape index (κ3) is 4.87. The van der Waals surface area contributed by atoms with Crippen molar-refractivity contribution in [3.63, 3.8) is 0 Å². The van der Waals surface area contributed by atoms with Crippen LogP contribution < -0.4 is 0 Å². The smallest absolute Gasteiger partial charge is 0.406 e. The Kier molecular flexibility index (Phi) is 5.21. The second-order valence-corrected chi connectivity index (χ2v) is 4.92. The first kappa shape index (κ1) is 16.5. The van der Waals surface area contributed by atoms with Gasteiger partial charge in [-0.3, -0.25) is 4.79 Å². The van der Waals surface area contributed by atoms with E-state index in [4.69, 9.17) is 5.11 Å². The highest BCUT2D eigenvalue weighted by atomic mass is 19.4. The molecule has 0 aliphatic carbocycles. The van der Waals surface area contributed by atoms with Crippen molar-refractivity contribution in [2.75, 3.05) is 39.8 Å². The highest BCUT2D eigenvalue weighted by Gasteiger charge is 2.36. The molecule has 0 saturated carbocycles. The first-order valence-electron chi connectivity index (χ1n) is 6.13. The molecule has 0 aromatic carbocycles. The SMILES string of the molecule is CC1CN(C(=O)N(CC(=O)O)CC(F)(F)F)CCN1C. The predicted octanol–water partition coefficient (Wildman–Crippen LogP) is 0.691. The number of piperazine rings is 1. The lowest BCUT2D eigenvalue weighted by molar-refractivity contribution is -0.150. The Morgan fingerprint density at radius 2 is 1.95 bits per heavy atom. The lowest BCUT2D eigenvalue weighted by atomic mass is 10.2. The molecule has 1 heterocycles. The molecule has 9 heteroatoms. The van der Waals surface area contributed by atoms with Gasteiger partial charge in [0.1, 0.15) is 13.1 Å². The van der Waals surface area contributed by atoms with Crippen molar-refractivity contribution in [1.82, 2.24) is 14.7 Å². The molecule has 1 fully saturated rings. The molecule has 2 amide bonds. The number of alkyl halides is 3. The summed E-state index contributed by atoms with van der Waals surface area (Å²) in [5, 5.41) is 8.63. The fourth-order valence-corrected chi connectivity index (χ4v) is 1.99. The molecule has 0 aromatic heterocycles. The summed E-state index contributed by atoms with van der Waals surface area (Å²) in [4.78, 5) is 26.2. The van der Waals surface area contributed by atoms with Crippen LogP contribution in [-0.2, 0) is 4.79 Å². The van der Waals surface area contributed by atoms with Crippen molar-refractivity contribution in [3.8, 4) is 0 Å². The summed E-state index contributed by atoms with van der Waals surface area (Å²) in [6.07, 6.45) is -4.62. The van der Waals surface area contributed by atoms with Crippen molar-refractivity contribution in [3.05, 3.63) is 0 Å². The maximum Gasteiger partial charge on any atom is 0.406 e. The van der Waals surface area contributed by atoms with E-state index in [1.165, 1.54) is 4.90 Å². The normalized spacial score (nSPS) is 20.9. The molecule has 20 heavy (non-hydrogen) atoms. The molecular formula is C11H18F3N3O3. The average Bonchev–Trinajstić information content (AvgIpc) is 2.28. The number of rotatable bonds is 3. The van der Waals surface area contributed by atoms with Crippen LogP contribution >= 0.6 is 0 Å². The second kappa shape index (κ2) is 6.29. The lowest BCUT2D eigenvalue weighted by Crippen LogP contribution is -2.57. The van der Waals surface area contributed by atoms with E-state index in [0.29, 0.717) is 11.4 Å². The highest BCUT2D eigenvalue weighted by Crippen LogP contribution is 2.18. The maximum atomic E-state index is 12.4. The van der Waals surface area contributed by atoms with Crippen LogP contribution in [0.1, 0.15) is 6.92 Å². The molecule has 1 rings (SSSR count). The van der Waals surface area contributed by atoms with Gasteiger partial charge in [0.2, 0.25) is 0 Å². The molecule has 0 spiro atoms. The van der Waals surface area contributed by atoms with Crippen molar-refractivity contribution >= 4 is 12.0 Å². The molecule has 1 aliphatic heterocycles. The number of carbonyl (C=O) groups excluding carboxylic acids is 1. The number of nitrogens with zero attached hydrogens (tertiary/aromatic N) is 3. The van der Waals surface area contributed by atoms with Crippen LogP contribution in [0.5, 0.6) is 0 Å². The largest absolute Gasteiger partial charge is 0.480 e.